The number of carbonyl (C=O) groups excluding carboxylic acids is 2. The molecule has 0 aliphatic carbocycles. The van der Waals surface area contributed by atoms with E-state index in [0.29, 0.717) is 30.0 Å². The molecule has 5 aromatic rings. The van der Waals surface area contributed by atoms with Gasteiger partial charge in [0.2, 0.25) is 0 Å². The summed E-state index contributed by atoms with van der Waals surface area (Å²) in [4.78, 5) is 31.0. The first-order valence-electron chi connectivity index (χ1n) is 15.2. The van der Waals surface area contributed by atoms with E-state index in [0.717, 1.165) is 63.9 Å². The number of aromatic nitrogens is 2. The van der Waals surface area contributed by atoms with Crippen molar-refractivity contribution in [3.05, 3.63) is 125 Å². The van der Waals surface area contributed by atoms with E-state index in [9.17, 15) is 9.59 Å². The van der Waals surface area contributed by atoms with Crippen molar-refractivity contribution >= 4 is 35.5 Å². The van der Waals surface area contributed by atoms with Crippen molar-refractivity contribution in [3.8, 4) is 11.1 Å². The lowest BCUT2D eigenvalue weighted by Crippen LogP contribution is -2.37. The molecule has 1 atom stereocenters. The molecule has 0 fully saturated rings. The Hall–Kier alpha value is -4.36. The van der Waals surface area contributed by atoms with Gasteiger partial charge in [-0.05, 0) is 72.7 Å². The van der Waals surface area contributed by atoms with Crippen molar-refractivity contribution in [2.75, 3.05) is 12.4 Å². The van der Waals surface area contributed by atoms with Crippen molar-refractivity contribution in [3.63, 3.8) is 0 Å². The monoisotopic (exact) mass is 605 g/mol. The third kappa shape index (κ3) is 7.05. The van der Waals surface area contributed by atoms with Gasteiger partial charge in [-0.2, -0.15) is 12.6 Å². The number of rotatable bonds is 12. The summed E-state index contributed by atoms with van der Waals surface area (Å²) in [6.07, 6.45) is 2.51. The molecule has 5 rings (SSSR count). The summed E-state index contributed by atoms with van der Waals surface area (Å²) in [5, 5.41) is 3.19. The summed E-state index contributed by atoms with van der Waals surface area (Å²) in [6, 6.07) is 29.7. The van der Waals surface area contributed by atoms with E-state index in [1.807, 2.05) is 74.5 Å². The maximum absolute atomic E-state index is 13.5. The lowest BCUT2D eigenvalue weighted by atomic mass is 9.98. The van der Waals surface area contributed by atoms with Crippen LogP contribution in [0.1, 0.15) is 63.5 Å². The Morgan fingerprint density at radius 3 is 2.36 bits per heavy atom. The average Bonchev–Trinajstić information content (AvgIpc) is 3.39. The van der Waals surface area contributed by atoms with Gasteiger partial charge in [-0.25, -0.2) is 9.78 Å². The molecule has 7 heteroatoms. The number of ether oxygens (including phenoxy) is 1. The summed E-state index contributed by atoms with van der Waals surface area (Å²) in [7, 11) is 0. The number of nitrogens with one attached hydrogen (secondary N) is 1. The summed E-state index contributed by atoms with van der Waals surface area (Å²) >= 11 is 4.51. The van der Waals surface area contributed by atoms with Crippen LogP contribution in [-0.4, -0.2) is 39.8 Å². The molecular weight excluding hydrogens is 566 g/mol. The van der Waals surface area contributed by atoms with Gasteiger partial charge in [0.1, 0.15) is 5.82 Å². The van der Waals surface area contributed by atoms with Crippen LogP contribution in [0.4, 0.5) is 0 Å². The quantitative estimate of drug-likeness (QED) is 0.114. The second-order valence-electron chi connectivity index (χ2n) is 11.0. The van der Waals surface area contributed by atoms with Crippen LogP contribution in [0.2, 0.25) is 0 Å². The zero-order chi connectivity index (χ0) is 31.1. The molecule has 1 aromatic heterocycles. The number of esters is 1. The zero-order valence-corrected chi connectivity index (χ0v) is 26.4. The lowest BCUT2D eigenvalue weighted by Gasteiger charge is -2.17. The van der Waals surface area contributed by atoms with E-state index >= 15 is 0 Å². The van der Waals surface area contributed by atoms with E-state index in [1.165, 1.54) is 0 Å². The first-order valence-corrected chi connectivity index (χ1v) is 15.9. The van der Waals surface area contributed by atoms with Crippen molar-refractivity contribution < 1.29 is 14.3 Å². The molecule has 0 unspecified atom stereocenters. The summed E-state index contributed by atoms with van der Waals surface area (Å²) < 4.78 is 7.50. The van der Waals surface area contributed by atoms with E-state index in [1.54, 1.807) is 6.07 Å². The van der Waals surface area contributed by atoms with E-state index in [4.69, 9.17) is 9.72 Å². The SMILES string of the molecule is CCCc1nc2c(C)cc(C(=O)N[C@@H](CS)Cc3ccccc3)cc2n1Cc1ccc(-c2ccccc2C(=O)OCC)cc1. The predicted molar refractivity (Wildman–Crippen MR) is 181 cm³/mol. The first kappa shape index (κ1) is 31.1. The number of thiol groups is 1. The van der Waals surface area contributed by atoms with Crippen LogP contribution in [0, 0.1) is 6.92 Å². The molecule has 44 heavy (non-hydrogen) atoms. The fourth-order valence-electron chi connectivity index (χ4n) is 5.59. The highest BCUT2D eigenvalue weighted by Gasteiger charge is 2.19. The number of hydrogen-bond acceptors (Lipinski definition) is 5. The smallest absolute Gasteiger partial charge is 0.338 e. The number of aryl methyl sites for hydroxylation is 2. The number of imidazole rings is 1. The van der Waals surface area contributed by atoms with Gasteiger partial charge in [0, 0.05) is 30.3 Å². The maximum atomic E-state index is 13.5. The molecule has 1 N–H and O–H groups in total. The molecule has 226 valence electrons. The average molecular weight is 606 g/mol. The maximum Gasteiger partial charge on any atom is 0.338 e. The van der Waals surface area contributed by atoms with Crippen molar-refractivity contribution in [1.29, 1.82) is 0 Å². The molecule has 4 aromatic carbocycles. The molecule has 1 amide bonds. The van der Waals surface area contributed by atoms with E-state index in [2.05, 4.69) is 53.7 Å². The largest absolute Gasteiger partial charge is 0.462 e. The topological polar surface area (TPSA) is 73.2 Å². The molecule has 0 bridgehead atoms. The van der Waals surface area contributed by atoms with Gasteiger partial charge in [0.15, 0.2) is 0 Å². The fraction of sp³-hybridized carbons (Fsp3) is 0.270. The molecule has 0 aliphatic rings. The highest BCUT2D eigenvalue weighted by Crippen LogP contribution is 2.27. The van der Waals surface area contributed by atoms with Crippen molar-refractivity contribution in [2.45, 2.75) is 52.6 Å². The normalized spacial score (nSPS) is 11.8. The van der Waals surface area contributed by atoms with Crippen LogP contribution < -0.4 is 5.32 Å². The Kier molecular flexibility index (Phi) is 10.2. The van der Waals surface area contributed by atoms with Gasteiger partial charge in [-0.15, -0.1) is 0 Å². The number of amides is 1. The van der Waals surface area contributed by atoms with Gasteiger partial charge < -0.3 is 14.6 Å². The summed E-state index contributed by atoms with van der Waals surface area (Å²) in [6.45, 7) is 6.92. The Morgan fingerprint density at radius 2 is 1.66 bits per heavy atom. The molecule has 0 spiro atoms. The third-order valence-corrected chi connectivity index (χ3v) is 8.21. The van der Waals surface area contributed by atoms with Crippen LogP contribution in [0.15, 0.2) is 91.0 Å². The van der Waals surface area contributed by atoms with Gasteiger partial charge in [0.25, 0.3) is 5.91 Å². The van der Waals surface area contributed by atoms with Gasteiger partial charge in [0.05, 0.1) is 23.2 Å². The minimum atomic E-state index is -0.322. The highest BCUT2D eigenvalue weighted by atomic mass is 32.1. The second-order valence-corrected chi connectivity index (χ2v) is 11.4. The molecular formula is C37H39N3O3S. The number of nitrogens with zero attached hydrogens (tertiary/aromatic N) is 2. The minimum absolute atomic E-state index is 0.0859. The molecule has 6 nitrogen and oxygen atoms in total. The molecule has 0 saturated carbocycles. The minimum Gasteiger partial charge on any atom is -0.462 e. The highest BCUT2D eigenvalue weighted by molar-refractivity contribution is 7.80. The van der Waals surface area contributed by atoms with Crippen LogP contribution >= 0.6 is 12.6 Å². The Morgan fingerprint density at radius 1 is 0.932 bits per heavy atom. The number of fused-ring (bicyclic) bond motifs is 1. The van der Waals surface area contributed by atoms with E-state index in [-0.39, 0.29) is 17.9 Å². The van der Waals surface area contributed by atoms with Crippen LogP contribution in [0.3, 0.4) is 0 Å². The summed E-state index contributed by atoms with van der Waals surface area (Å²) in [5.74, 6) is 1.11. The Bertz CT molecular complexity index is 1750. The molecule has 1 heterocycles. The fourth-order valence-corrected chi connectivity index (χ4v) is 5.81. The predicted octanol–water partition coefficient (Wildman–Crippen LogP) is 7.46. The molecule has 0 saturated heterocycles. The van der Waals surface area contributed by atoms with E-state index < -0.39 is 0 Å². The standard InChI is InChI=1S/C37H39N3O3S/c1-4-11-34-39-35-25(3)20-29(36(41)38-30(24-44)21-26-12-7-6-8-13-26)22-33(35)40(34)23-27-16-18-28(19-17-27)31-14-9-10-15-32(31)37(42)43-5-2/h6-10,12-20,22,30,44H,4-5,11,21,23-24H2,1-3H3,(H,38,41)/t30-/m1/s1. The third-order valence-electron chi connectivity index (χ3n) is 7.77. The van der Waals surface area contributed by atoms with Crippen LogP contribution in [0.5, 0.6) is 0 Å². The van der Waals surface area contributed by atoms with Gasteiger partial charge in [-0.1, -0.05) is 79.7 Å². The number of carbonyl (C=O) groups is 2. The van der Waals surface area contributed by atoms with Crippen LogP contribution in [0.25, 0.3) is 22.2 Å². The Balaban J connectivity index is 1.43. The zero-order valence-electron chi connectivity index (χ0n) is 25.5. The Labute approximate surface area is 264 Å². The van der Waals surface area contributed by atoms with Gasteiger partial charge in [-0.3, -0.25) is 4.79 Å². The number of hydrogen-bond donors (Lipinski definition) is 2. The lowest BCUT2D eigenvalue weighted by molar-refractivity contribution is 0.0527. The first-order chi connectivity index (χ1) is 21.4. The second kappa shape index (κ2) is 14.4. The van der Waals surface area contributed by atoms with Crippen LogP contribution in [-0.2, 0) is 24.1 Å². The molecule has 0 radical (unpaired) electrons. The van der Waals surface area contributed by atoms with Crippen molar-refractivity contribution in [1.82, 2.24) is 14.9 Å². The summed E-state index contributed by atoms with van der Waals surface area (Å²) in [5.41, 5.74) is 8.06. The number of benzene rings is 4. The van der Waals surface area contributed by atoms with Crippen molar-refractivity contribution in [2.24, 2.45) is 0 Å². The molecule has 0 aliphatic heterocycles. The van der Waals surface area contributed by atoms with Gasteiger partial charge >= 0.3 is 5.97 Å².